The van der Waals surface area contributed by atoms with Gasteiger partial charge < -0.3 is 4.90 Å². The summed E-state index contributed by atoms with van der Waals surface area (Å²) in [5.41, 5.74) is 7.15. The number of benzene rings is 2. The van der Waals surface area contributed by atoms with Crippen molar-refractivity contribution in [3.63, 3.8) is 0 Å². The van der Waals surface area contributed by atoms with E-state index in [-0.39, 0.29) is 0 Å². The van der Waals surface area contributed by atoms with Crippen LogP contribution < -0.4 is 0 Å². The smallest absolute Gasteiger partial charge is 0.00159 e. The fourth-order valence-electron chi connectivity index (χ4n) is 3.54. The highest BCUT2D eigenvalue weighted by Gasteiger charge is 2.20. The van der Waals surface area contributed by atoms with E-state index < -0.39 is 0 Å². The minimum atomic E-state index is 0.733. The van der Waals surface area contributed by atoms with Crippen LogP contribution in [0.2, 0.25) is 0 Å². The average Bonchev–Trinajstić information content (AvgIpc) is 2.56. The molecule has 0 saturated carbocycles. The van der Waals surface area contributed by atoms with E-state index in [1.807, 2.05) is 0 Å². The molecule has 1 heterocycles. The molecule has 1 aliphatic rings. The SMILES string of the molecule is CCc1ccc(-c2ccc(C)cc2)cc1C1CCN(C)CC1. The maximum Gasteiger partial charge on any atom is -0.00159 e. The summed E-state index contributed by atoms with van der Waals surface area (Å²) < 4.78 is 0. The molecule has 0 atom stereocenters. The topological polar surface area (TPSA) is 3.24 Å². The van der Waals surface area contributed by atoms with Gasteiger partial charge in [0, 0.05) is 0 Å². The van der Waals surface area contributed by atoms with Gasteiger partial charge in [-0.25, -0.2) is 0 Å². The summed E-state index contributed by atoms with van der Waals surface area (Å²) in [7, 11) is 2.24. The van der Waals surface area contributed by atoms with Crippen LogP contribution in [0.5, 0.6) is 0 Å². The third-order valence-corrected chi connectivity index (χ3v) is 5.07. The van der Waals surface area contributed by atoms with E-state index in [1.165, 1.54) is 48.2 Å². The Bertz CT molecular complexity index is 619. The number of nitrogens with zero attached hydrogens (tertiary/aromatic N) is 1. The van der Waals surface area contributed by atoms with Crippen LogP contribution in [0.1, 0.15) is 42.4 Å². The van der Waals surface area contributed by atoms with Crippen molar-refractivity contribution in [3.8, 4) is 11.1 Å². The van der Waals surface area contributed by atoms with E-state index >= 15 is 0 Å². The molecule has 0 unspecified atom stereocenters. The second-order valence-electron chi connectivity index (χ2n) is 6.71. The summed E-state index contributed by atoms with van der Waals surface area (Å²) in [6, 6.07) is 16.0. The van der Waals surface area contributed by atoms with Gasteiger partial charge in [0.05, 0.1) is 0 Å². The van der Waals surface area contributed by atoms with Crippen LogP contribution in [0, 0.1) is 6.92 Å². The van der Waals surface area contributed by atoms with Crippen LogP contribution in [0.15, 0.2) is 42.5 Å². The van der Waals surface area contributed by atoms with Crippen LogP contribution in [0.4, 0.5) is 0 Å². The van der Waals surface area contributed by atoms with Gasteiger partial charge in [0.1, 0.15) is 0 Å². The van der Waals surface area contributed by atoms with Gasteiger partial charge >= 0.3 is 0 Å². The summed E-state index contributed by atoms with van der Waals surface area (Å²) in [6.45, 7) is 6.87. The second-order valence-corrected chi connectivity index (χ2v) is 6.71. The van der Waals surface area contributed by atoms with Gasteiger partial charge in [-0.2, -0.15) is 0 Å². The van der Waals surface area contributed by atoms with Crippen molar-refractivity contribution < 1.29 is 0 Å². The van der Waals surface area contributed by atoms with Crippen LogP contribution >= 0.6 is 0 Å². The van der Waals surface area contributed by atoms with Crippen molar-refractivity contribution in [1.82, 2.24) is 4.90 Å². The van der Waals surface area contributed by atoms with Gasteiger partial charge in [-0.05, 0) is 74.5 Å². The van der Waals surface area contributed by atoms with Crippen LogP contribution in [-0.4, -0.2) is 25.0 Å². The minimum Gasteiger partial charge on any atom is -0.306 e. The summed E-state index contributed by atoms with van der Waals surface area (Å²) in [6.07, 6.45) is 3.72. The van der Waals surface area contributed by atoms with Crippen LogP contribution in [0.25, 0.3) is 11.1 Å². The molecule has 0 aromatic heterocycles. The molecule has 0 aliphatic carbocycles. The summed E-state index contributed by atoms with van der Waals surface area (Å²) in [5, 5.41) is 0. The quantitative estimate of drug-likeness (QED) is 0.767. The van der Waals surface area contributed by atoms with Crippen molar-refractivity contribution in [1.29, 1.82) is 0 Å². The summed E-state index contributed by atoms with van der Waals surface area (Å²) in [5.74, 6) is 0.733. The maximum absolute atomic E-state index is 2.46. The van der Waals surface area contributed by atoms with Crippen LogP contribution in [-0.2, 0) is 6.42 Å². The number of piperidine rings is 1. The molecular weight excluding hydrogens is 266 g/mol. The van der Waals surface area contributed by atoms with Gasteiger partial charge in [-0.1, -0.05) is 55.0 Å². The molecule has 2 aromatic carbocycles. The number of likely N-dealkylation sites (tertiary alicyclic amines) is 1. The maximum atomic E-state index is 2.46. The summed E-state index contributed by atoms with van der Waals surface area (Å²) in [4.78, 5) is 2.45. The first-order chi connectivity index (χ1) is 10.7. The third-order valence-electron chi connectivity index (χ3n) is 5.07. The fourth-order valence-corrected chi connectivity index (χ4v) is 3.54. The van der Waals surface area contributed by atoms with E-state index in [9.17, 15) is 0 Å². The Morgan fingerprint density at radius 1 is 0.955 bits per heavy atom. The van der Waals surface area contributed by atoms with Gasteiger partial charge in [-0.15, -0.1) is 0 Å². The lowest BCUT2D eigenvalue weighted by atomic mass is 9.84. The monoisotopic (exact) mass is 293 g/mol. The molecule has 0 bridgehead atoms. The van der Waals surface area contributed by atoms with Crippen molar-refractivity contribution in [3.05, 3.63) is 59.2 Å². The standard InChI is InChI=1S/C21H27N/c1-4-17-9-10-20(18-7-5-16(2)6-8-18)15-21(17)19-11-13-22(3)14-12-19/h5-10,15,19H,4,11-14H2,1-3H3. The molecule has 0 radical (unpaired) electrons. The van der Waals surface area contributed by atoms with Gasteiger partial charge in [0.25, 0.3) is 0 Å². The zero-order valence-corrected chi connectivity index (χ0v) is 14.1. The Balaban J connectivity index is 1.94. The zero-order chi connectivity index (χ0) is 15.5. The first-order valence-electron chi connectivity index (χ1n) is 8.55. The van der Waals surface area contributed by atoms with E-state index in [2.05, 4.69) is 68.3 Å². The molecule has 0 amide bonds. The van der Waals surface area contributed by atoms with Crippen LogP contribution in [0.3, 0.4) is 0 Å². The highest BCUT2D eigenvalue weighted by Crippen LogP contribution is 2.33. The highest BCUT2D eigenvalue weighted by molar-refractivity contribution is 5.65. The minimum absolute atomic E-state index is 0.733. The van der Waals surface area contributed by atoms with Gasteiger partial charge in [0.15, 0.2) is 0 Å². The van der Waals surface area contributed by atoms with E-state index in [0.29, 0.717) is 0 Å². The molecule has 1 saturated heterocycles. The Hall–Kier alpha value is -1.60. The van der Waals surface area contributed by atoms with E-state index in [0.717, 1.165) is 12.3 Å². The lowest BCUT2D eigenvalue weighted by Crippen LogP contribution is -2.29. The first kappa shape index (κ1) is 15.3. The molecule has 1 nitrogen and oxygen atoms in total. The molecular formula is C21H27N. The number of hydrogen-bond donors (Lipinski definition) is 0. The molecule has 116 valence electrons. The van der Waals surface area contributed by atoms with E-state index in [1.54, 1.807) is 5.56 Å². The van der Waals surface area contributed by atoms with E-state index in [4.69, 9.17) is 0 Å². The fraction of sp³-hybridized carbons (Fsp3) is 0.429. The average molecular weight is 293 g/mol. The highest BCUT2D eigenvalue weighted by atomic mass is 15.1. The molecule has 22 heavy (non-hydrogen) atoms. The number of aryl methyl sites for hydroxylation is 2. The lowest BCUT2D eigenvalue weighted by molar-refractivity contribution is 0.255. The van der Waals surface area contributed by atoms with Gasteiger partial charge in [-0.3, -0.25) is 0 Å². The van der Waals surface area contributed by atoms with Crippen molar-refractivity contribution in [2.24, 2.45) is 0 Å². The number of hydrogen-bond acceptors (Lipinski definition) is 1. The second kappa shape index (κ2) is 6.66. The molecule has 3 rings (SSSR count). The first-order valence-corrected chi connectivity index (χ1v) is 8.55. The normalized spacial score (nSPS) is 16.9. The predicted octanol–water partition coefficient (Wildman–Crippen LogP) is 5.03. The van der Waals surface area contributed by atoms with Crippen molar-refractivity contribution in [2.75, 3.05) is 20.1 Å². The Morgan fingerprint density at radius 3 is 2.23 bits per heavy atom. The Morgan fingerprint density at radius 2 is 1.59 bits per heavy atom. The number of rotatable bonds is 3. The third kappa shape index (κ3) is 3.25. The molecule has 0 spiro atoms. The molecule has 1 aliphatic heterocycles. The molecule has 1 heteroatoms. The molecule has 1 fully saturated rings. The summed E-state index contributed by atoms with van der Waals surface area (Å²) >= 11 is 0. The Labute approximate surface area is 135 Å². The largest absolute Gasteiger partial charge is 0.306 e. The zero-order valence-electron chi connectivity index (χ0n) is 14.1. The Kier molecular flexibility index (Phi) is 4.63. The van der Waals surface area contributed by atoms with Crippen molar-refractivity contribution >= 4 is 0 Å². The molecule has 2 aromatic rings. The predicted molar refractivity (Wildman–Crippen MR) is 95.5 cm³/mol. The molecule has 0 N–H and O–H groups in total. The lowest BCUT2D eigenvalue weighted by Gasteiger charge is -2.30. The van der Waals surface area contributed by atoms with Crippen molar-refractivity contribution in [2.45, 2.75) is 39.0 Å². The van der Waals surface area contributed by atoms with Gasteiger partial charge in [0.2, 0.25) is 0 Å².